The van der Waals surface area contributed by atoms with Crippen molar-refractivity contribution in [3.8, 4) is 11.1 Å². The summed E-state index contributed by atoms with van der Waals surface area (Å²) in [6.07, 6.45) is 4.26. The Hall–Kier alpha value is -3.13. The Bertz CT molecular complexity index is 1220. The minimum atomic E-state index is -0.712. The van der Waals surface area contributed by atoms with Gasteiger partial charge in [-0.05, 0) is 37.8 Å². The number of nitrogens with zero attached hydrogens (tertiary/aromatic N) is 3. The number of hydrogen-bond acceptors (Lipinski definition) is 5. The van der Waals surface area contributed by atoms with Gasteiger partial charge < -0.3 is 15.0 Å². The van der Waals surface area contributed by atoms with E-state index in [1.165, 1.54) is 23.0 Å². The van der Waals surface area contributed by atoms with E-state index in [0.717, 1.165) is 12.8 Å². The van der Waals surface area contributed by atoms with Gasteiger partial charge in [0, 0.05) is 37.0 Å². The molecule has 0 aromatic carbocycles. The molecule has 8 heteroatoms. The van der Waals surface area contributed by atoms with E-state index in [1.807, 2.05) is 6.92 Å². The van der Waals surface area contributed by atoms with Crippen LogP contribution in [0.15, 0.2) is 29.3 Å². The zero-order valence-electron chi connectivity index (χ0n) is 17.1. The standard InChI is InChI=1S/C22H23FN4O3/c1-4-17(28)15-7-11(2)13(9-24-15)19-20(23)14-10-25-18(26-21(29)12-5-6-12)8-16(14)27(3)22(19)30/h7-10,12,17,28H,4-6H2,1-3H3,(H,25,26,29)/t17-/m1/s1. The summed E-state index contributed by atoms with van der Waals surface area (Å²) in [7, 11) is 1.55. The van der Waals surface area contributed by atoms with Crippen LogP contribution >= 0.6 is 0 Å². The summed E-state index contributed by atoms with van der Waals surface area (Å²) in [6, 6.07) is 3.18. The summed E-state index contributed by atoms with van der Waals surface area (Å²) in [4.78, 5) is 33.4. The second kappa shape index (κ2) is 7.60. The van der Waals surface area contributed by atoms with Crippen molar-refractivity contribution in [1.82, 2.24) is 14.5 Å². The average molecular weight is 410 g/mol. The van der Waals surface area contributed by atoms with Crippen LogP contribution in [0.1, 0.15) is 43.5 Å². The summed E-state index contributed by atoms with van der Waals surface area (Å²) >= 11 is 0. The largest absolute Gasteiger partial charge is 0.387 e. The first-order chi connectivity index (χ1) is 14.3. The molecule has 30 heavy (non-hydrogen) atoms. The predicted octanol–water partition coefficient (Wildman–Crippen LogP) is 3.23. The van der Waals surface area contributed by atoms with Crippen molar-refractivity contribution < 1.29 is 14.3 Å². The molecule has 1 fully saturated rings. The first kappa shape index (κ1) is 20.2. The van der Waals surface area contributed by atoms with E-state index in [-0.39, 0.29) is 28.6 Å². The third-order valence-electron chi connectivity index (χ3n) is 5.55. The minimum Gasteiger partial charge on any atom is -0.387 e. The summed E-state index contributed by atoms with van der Waals surface area (Å²) in [6.45, 7) is 3.59. The zero-order valence-corrected chi connectivity index (χ0v) is 17.1. The Balaban J connectivity index is 1.82. The second-order valence-corrected chi connectivity index (χ2v) is 7.75. The highest BCUT2D eigenvalue weighted by Crippen LogP contribution is 2.31. The van der Waals surface area contributed by atoms with Gasteiger partial charge in [0.15, 0.2) is 0 Å². The number of aryl methyl sites for hydroxylation is 2. The van der Waals surface area contributed by atoms with Gasteiger partial charge in [0.2, 0.25) is 5.91 Å². The SMILES string of the molecule is CC[C@@H](O)c1cc(C)c(-c2c(F)c3cnc(NC(=O)C4CC4)cc3n(C)c2=O)cn1. The van der Waals surface area contributed by atoms with Crippen molar-refractivity contribution in [3.05, 3.63) is 52.0 Å². The predicted molar refractivity (Wildman–Crippen MR) is 112 cm³/mol. The van der Waals surface area contributed by atoms with E-state index in [1.54, 1.807) is 20.0 Å². The van der Waals surface area contributed by atoms with Crippen molar-refractivity contribution >= 4 is 22.6 Å². The average Bonchev–Trinajstić information content (AvgIpc) is 3.58. The Morgan fingerprint density at radius 2 is 2.07 bits per heavy atom. The number of nitrogens with one attached hydrogen (secondary N) is 1. The number of aromatic nitrogens is 3. The highest BCUT2D eigenvalue weighted by molar-refractivity contribution is 5.95. The van der Waals surface area contributed by atoms with Crippen molar-refractivity contribution in [2.45, 2.75) is 39.2 Å². The molecule has 0 saturated heterocycles. The minimum absolute atomic E-state index is 0.00935. The van der Waals surface area contributed by atoms with Gasteiger partial charge in [-0.15, -0.1) is 0 Å². The number of hydrogen-bond donors (Lipinski definition) is 2. The van der Waals surface area contributed by atoms with Crippen LogP contribution in [-0.2, 0) is 11.8 Å². The number of rotatable bonds is 5. The maximum atomic E-state index is 15.4. The van der Waals surface area contributed by atoms with Crippen molar-refractivity contribution in [2.24, 2.45) is 13.0 Å². The molecule has 0 spiro atoms. The fraction of sp³-hybridized carbons (Fsp3) is 0.364. The van der Waals surface area contributed by atoms with Gasteiger partial charge in [0.05, 0.1) is 28.3 Å². The Labute approximate surface area is 172 Å². The quantitative estimate of drug-likeness (QED) is 0.673. The maximum absolute atomic E-state index is 15.4. The normalized spacial score (nSPS) is 14.7. The molecule has 2 N–H and O–H groups in total. The molecule has 1 atom stereocenters. The van der Waals surface area contributed by atoms with E-state index in [2.05, 4.69) is 15.3 Å². The summed E-state index contributed by atoms with van der Waals surface area (Å²) in [5.74, 6) is -0.498. The molecule has 0 bridgehead atoms. The second-order valence-electron chi connectivity index (χ2n) is 7.75. The monoisotopic (exact) mass is 410 g/mol. The van der Waals surface area contributed by atoms with Crippen LogP contribution in [-0.4, -0.2) is 25.5 Å². The van der Waals surface area contributed by atoms with Gasteiger partial charge in [-0.25, -0.2) is 9.37 Å². The van der Waals surface area contributed by atoms with Crippen LogP contribution in [0.5, 0.6) is 0 Å². The molecule has 1 aliphatic carbocycles. The molecule has 1 saturated carbocycles. The molecular weight excluding hydrogens is 387 g/mol. The van der Waals surface area contributed by atoms with Crippen molar-refractivity contribution in [2.75, 3.05) is 5.32 Å². The Kier molecular flexibility index (Phi) is 5.11. The van der Waals surface area contributed by atoms with Gasteiger partial charge in [-0.3, -0.25) is 14.6 Å². The van der Waals surface area contributed by atoms with E-state index in [0.29, 0.717) is 28.8 Å². The molecule has 3 aromatic rings. The summed E-state index contributed by atoms with van der Waals surface area (Å²) in [5, 5.41) is 12.9. The van der Waals surface area contributed by atoms with Crippen molar-refractivity contribution in [3.63, 3.8) is 0 Å². The topological polar surface area (TPSA) is 97.1 Å². The van der Waals surface area contributed by atoms with Crippen LogP contribution in [0.3, 0.4) is 0 Å². The zero-order chi connectivity index (χ0) is 21.6. The third-order valence-corrected chi connectivity index (χ3v) is 5.55. The van der Waals surface area contributed by atoms with Gasteiger partial charge in [-0.2, -0.15) is 0 Å². The molecular formula is C22H23FN4O3. The molecule has 7 nitrogen and oxygen atoms in total. The van der Waals surface area contributed by atoms with E-state index in [4.69, 9.17) is 0 Å². The molecule has 3 heterocycles. The lowest BCUT2D eigenvalue weighted by molar-refractivity contribution is -0.117. The van der Waals surface area contributed by atoms with Gasteiger partial charge in [0.25, 0.3) is 5.56 Å². The van der Waals surface area contributed by atoms with Crippen LogP contribution < -0.4 is 10.9 Å². The Morgan fingerprint density at radius 3 is 2.70 bits per heavy atom. The first-order valence-corrected chi connectivity index (χ1v) is 9.95. The third kappa shape index (κ3) is 3.47. The fourth-order valence-electron chi connectivity index (χ4n) is 3.50. The number of carbonyl (C=O) groups excluding carboxylic acids is 1. The van der Waals surface area contributed by atoms with Crippen LogP contribution in [0.4, 0.5) is 10.2 Å². The van der Waals surface area contributed by atoms with Gasteiger partial charge >= 0.3 is 0 Å². The van der Waals surface area contributed by atoms with Crippen LogP contribution in [0, 0.1) is 18.7 Å². The molecule has 0 unspecified atom stereocenters. The number of carbonyl (C=O) groups is 1. The fourth-order valence-corrected chi connectivity index (χ4v) is 3.50. The smallest absolute Gasteiger partial charge is 0.261 e. The lowest BCUT2D eigenvalue weighted by Crippen LogP contribution is -2.22. The number of anilines is 1. The number of amides is 1. The lowest BCUT2D eigenvalue weighted by atomic mass is 10.00. The highest BCUT2D eigenvalue weighted by Gasteiger charge is 2.30. The first-order valence-electron chi connectivity index (χ1n) is 9.95. The Morgan fingerprint density at radius 1 is 1.33 bits per heavy atom. The number of pyridine rings is 3. The molecule has 3 aromatic heterocycles. The summed E-state index contributed by atoms with van der Waals surface area (Å²) < 4.78 is 16.8. The molecule has 156 valence electrons. The molecule has 4 rings (SSSR count). The number of fused-ring (bicyclic) bond motifs is 1. The number of halogens is 1. The number of aliphatic hydroxyl groups is 1. The molecule has 0 aliphatic heterocycles. The van der Waals surface area contributed by atoms with E-state index >= 15 is 4.39 Å². The van der Waals surface area contributed by atoms with Gasteiger partial charge in [-0.1, -0.05) is 6.92 Å². The van der Waals surface area contributed by atoms with Crippen LogP contribution in [0.2, 0.25) is 0 Å². The lowest BCUT2D eigenvalue weighted by Gasteiger charge is -2.15. The molecule has 1 aliphatic rings. The molecule has 0 radical (unpaired) electrons. The molecule has 1 amide bonds. The van der Waals surface area contributed by atoms with Gasteiger partial charge in [0.1, 0.15) is 11.6 Å². The summed E-state index contributed by atoms with van der Waals surface area (Å²) in [5.41, 5.74) is 1.22. The van der Waals surface area contributed by atoms with Crippen molar-refractivity contribution in [1.29, 1.82) is 0 Å². The highest BCUT2D eigenvalue weighted by atomic mass is 19.1. The van der Waals surface area contributed by atoms with E-state index < -0.39 is 17.5 Å². The van der Waals surface area contributed by atoms with E-state index in [9.17, 15) is 14.7 Å². The number of aliphatic hydroxyl groups excluding tert-OH is 1. The maximum Gasteiger partial charge on any atom is 0.261 e. The van der Waals surface area contributed by atoms with Crippen LogP contribution in [0.25, 0.3) is 22.0 Å².